The van der Waals surface area contributed by atoms with Crippen LogP contribution in [-0.4, -0.2) is 46.4 Å². The third kappa shape index (κ3) is 3.68. The molecule has 3 rings (SSSR count). The molecule has 0 spiro atoms. The fourth-order valence-electron chi connectivity index (χ4n) is 3.30. The predicted octanol–water partition coefficient (Wildman–Crippen LogP) is 3.77. The van der Waals surface area contributed by atoms with E-state index in [1.54, 1.807) is 55.6 Å². The van der Waals surface area contributed by atoms with E-state index in [0.29, 0.717) is 34.4 Å². The second-order valence-electron chi connectivity index (χ2n) is 6.56. The molecule has 28 heavy (non-hydrogen) atoms. The summed E-state index contributed by atoms with van der Waals surface area (Å²) in [7, 11) is 1.01. The van der Waals surface area contributed by atoms with Crippen LogP contribution >= 0.6 is 11.8 Å². The number of sulfonamides is 1. The van der Waals surface area contributed by atoms with Crippen LogP contribution in [0.25, 0.3) is 0 Å². The van der Waals surface area contributed by atoms with Crippen LogP contribution in [0.5, 0.6) is 17.2 Å². The second-order valence-corrected chi connectivity index (χ2v) is 9.60. The molecule has 1 atom stereocenters. The van der Waals surface area contributed by atoms with Crippen LogP contribution < -0.4 is 14.2 Å². The summed E-state index contributed by atoms with van der Waals surface area (Å²) in [6, 6.07) is 9.03. The van der Waals surface area contributed by atoms with Crippen molar-refractivity contribution in [3.05, 3.63) is 47.0 Å². The molecule has 0 saturated carbocycles. The fraction of sp³-hybridized carbons (Fsp3) is 0.400. The fourth-order valence-corrected chi connectivity index (χ4v) is 6.86. The lowest BCUT2D eigenvalue weighted by Gasteiger charge is -2.26. The number of aryl methyl sites for hydroxylation is 2. The van der Waals surface area contributed by atoms with Gasteiger partial charge in [0.25, 0.3) is 0 Å². The zero-order valence-electron chi connectivity index (χ0n) is 16.7. The van der Waals surface area contributed by atoms with Crippen LogP contribution in [-0.2, 0) is 10.0 Å². The molecule has 0 bridgehead atoms. The lowest BCUT2D eigenvalue weighted by molar-refractivity contribution is 0.344. The van der Waals surface area contributed by atoms with Gasteiger partial charge in [-0.05, 0) is 37.1 Å². The summed E-state index contributed by atoms with van der Waals surface area (Å²) in [5.74, 6) is 2.34. The molecular formula is C20H25NO5S2. The van der Waals surface area contributed by atoms with Crippen LogP contribution in [0.15, 0.2) is 35.2 Å². The summed E-state index contributed by atoms with van der Waals surface area (Å²) in [6.07, 6.45) is 0. The molecule has 0 N–H and O–H groups in total. The van der Waals surface area contributed by atoms with Crippen molar-refractivity contribution in [1.82, 2.24) is 4.31 Å². The molecule has 2 aromatic rings. The number of rotatable bonds is 6. The maximum atomic E-state index is 13.5. The number of methoxy groups -OCH3 is 3. The average Bonchev–Trinajstić information content (AvgIpc) is 3.19. The summed E-state index contributed by atoms with van der Waals surface area (Å²) >= 11 is 1.57. The zero-order valence-corrected chi connectivity index (χ0v) is 18.3. The molecule has 1 aliphatic heterocycles. The Bertz CT molecular complexity index is 975. The van der Waals surface area contributed by atoms with Crippen LogP contribution in [0.4, 0.5) is 0 Å². The largest absolute Gasteiger partial charge is 0.496 e. The zero-order chi connectivity index (χ0) is 20.5. The van der Waals surface area contributed by atoms with Crippen molar-refractivity contribution >= 4 is 21.8 Å². The minimum Gasteiger partial charge on any atom is -0.496 e. The molecule has 0 aromatic heterocycles. The lowest BCUT2D eigenvalue weighted by atomic mass is 10.1. The molecule has 1 aliphatic rings. The van der Waals surface area contributed by atoms with Crippen LogP contribution in [0.1, 0.15) is 22.1 Å². The van der Waals surface area contributed by atoms with Crippen molar-refractivity contribution < 1.29 is 22.6 Å². The van der Waals surface area contributed by atoms with E-state index < -0.39 is 15.4 Å². The van der Waals surface area contributed by atoms with Crippen LogP contribution in [0, 0.1) is 13.8 Å². The predicted molar refractivity (Wildman–Crippen MR) is 111 cm³/mol. The van der Waals surface area contributed by atoms with Crippen molar-refractivity contribution in [3.8, 4) is 17.2 Å². The first-order valence-electron chi connectivity index (χ1n) is 8.84. The van der Waals surface area contributed by atoms with Gasteiger partial charge >= 0.3 is 0 Å². The first kappa shape index (κ1) is 20.8. The van der Waals surface area contributed by atoms with E-state index in [2.05, 4.69) is 0 Å². The van der Waals surface area contributed by atoms with E-state index in [0.717, 1.165) is 16.7 Å². The number of hydrogen-bond donors (Lipinski definition) is 0. The Morgan fingerprint density at radius 1 is 0.964 bits per heavy atom. The van der Waals surface area contributed by atoms with Gasteiger partial charge in [-0.1, -0.05) is 12.1 Å². The van der Waals surface area contributed by atoms with E-state index in [9.17, 15) is 8.42 Å². The molecule has 0 radical (unpaired) electrons. The molecule has 2 aromatic carbocycles. The number of nitrogens with zero attached hydrogens (tertiary/aromatic N) is 1. The minimum absolute atomic E-state index is 0.347. The van der Waals surface area contributed by atoms with E-state index in [-0.39, 0.29) is 0 Å². The number of hydrogen-bond acceptors (Lipinski definition) is 6. The van der Waals surface area contributed by atoms with Gasteiger partial charge in [-0.25, -0.2) is 8.42 Å². The molecule has 8 heteroatoms. The maximum Gasteiger partial charge on any atom is 0.244 e. The third-order valence-corrected chi connectivity index (χ3v) is 8.16. The van der Waals surface area contributed by atoms with Crippen molar-refractivity contribution in [2.24, 2.45) is 0 Å². The van der Waals surface area contributed by atoms with Gasteiger partial charge in [-0.15, -0.1) is 11.8 Å². The topological polar surface area (TPSA) is 65.1 Å². The second kappa shape index (κ2) is 8.23. The van der Waals surface area contributed by atoms with Gasteiger partial charge in [0.2, 0.25) is 10.0 Å². The molecule has 1 saturated heterocycles. The smallest absolute Gasteiger partial charge is 0.244 e. The summed E-state index contributed by atoms with van der Waals surface area (Å²) in [6.45, 7) is 4.15. The first-order valence-corrected chi connectivity index (χ1v) is 11.3. The molecule has 152 valence electrons. The Labute approximate surface area is 170 Å². The van der Waals surface area contributed by atoms with Crippen LogP contribution in [0.2, 0.25) is 0 Å². The van der Waals surface area contributed by atoms with Gasteiger partial charge in [0.15, 0.2) is 11.5 Å². The lowest BCUT2D eigenvalue weighted by Crippen LogP contribution is -2.31. The quantitative estimate of drug-likeness (QED) is 0.705. The van der Waals surface area contributed by atoms with Crippen molar-refractivity contribution in [2.75, 3.05) is 33.6 Å². The van der Waals surface area contributed by atoms with E-state index in [4.69, 9.17) is 14.2 Å². The Morgan fingerprint density at radius 2 is 1.61 bits per heavy atom. The normalized spacial score (nSPS) is 17.5. The van der Waals surface area contributed by atoms with Crippen molar-refractivity contribution in [1.29, 1.82) is 0 Å². The van der Waals surface area contributed by atoms with Gasteiger partial charge < -0.3 is 14.2 Å². The summed E-state index contributed by atoms with van der Waals surface area (Å²) in [5, 5.41) is -0.403. The molecule has 1 fully saturated rings. The Kier molecular flexibility index (Phi) is 6.12. The first-order chi connectivity index (χ1) is 13.3. The Balaban J connectivity index is 2.10. The summed E-state index contributed by atoms with van der Waals surface area (Å²) in [5.41, 5.74) is 2.40. The minimum atomic E-state index is -3.66. The highest BCUT2D eigenvalue weighted by Crippen LogP contribution is 2.48. The SMILES string of the molecule is COc1cc(OC)c(C2SCCN2S(=O)(=O)c2cc(C)ccc2C)cc1OC. The molecule has 1 heterocycles. The van der Waals surface area contributed by atoms with E-state index >= 15 is 0 Å². The summed E-state index contributed by atoms with van der Waals surface area (Å²) in [4.78, 5) is 0.347. The highest BCUT2D eigenvalue weighted by molar-refractivity contribution is 8.01. The summed E-state index contributed by atoms with van der Waals surface area (Å²) < 4.78 is 44.8. The van der Waals surface area contributed by atoms with Crippen molar-refractivity contribution in [2.45, 2.75) is 24.1 Å². The van der Waals surface area contributed by atoms with Gasteiger partial charge in [-0.2, -0.15) is 4.31 Å². The molecule has 1 unspecified atom stereocenters. The Hall–Kier alpha value is -1.90. The standard InChI is InChI=1S/C20H25NO5S2/c1-13-6-7-14(2)19(10-13)28(22,23)21-8-9-27-20(21)15-11-17(25-4)18(26-5)12-16(15)24-3/h6-7,10-12,20H,8-9H2,1-5H3. The molecule has 0 amide bonds. The molecular weight excluding hydrogens is 398 g/mol. The van der Waals surface area contributed by atoms with Gasteiger partial charge in [0.05, 0.1) is 31.6 Å². The maximum absolute atomic E-state index is 13.5. The van der Waals surface area contributed by atoms with E-state index in [1.807, 2.05) is 26.0 Å². The molecule has 0 aliphatic carbocycles. The van der Waals surface area contributed by atoms with Gasteiger partial charge in [0, 0.05) is 23.9 Å². The number of thioether (sulfide) groups is 1. The van der Waals surface area contributed by atoms with Crippen molar-refractivity contribution in [3.63, 3.8) is 0 Å². The highest BCUT2D eigenvalue weighted by atomic mass is 32.2. The van der Waals surface area contributed by atoms with Gasteiger partial charge in [-0.3, -0.25) is 0 Å². The monoisotopic (exact) mass is 423 g/mol. The number of ether oxygens (including phenoxy) is 3. The van der Waals surface area contributed by atoms with E-state index in [1.165, 1.54) is 0 Å². The van der Waals surface area contributed by atoms with Crippen LogP contribution in [0.3, 0.4) is 0 Å². The number of benzene rings is 2. The third-order valence-electron chi connectivity index (χ3n) is 4.78. The Morgan fingerprint density at radius 3 is 2.25 bits per heavy atom. The average molecular weight is 424 g/mol. The highest BCUT2D eigenvalue weighted by Gasteiger charge is 2.39. The molecule has 6 nitrogen and oxygen atoms in total. The van der Waals surface area contributed by atoms with Gasteiger partial charge in [0.1, 0.15) is 5.75 Å².